The predicted molar refractivity (Wildman–Crippen MR) is 76.7 cm³/mol. The molecule has 0 saturated carbocycles. The Labute approximate surface area is 115 Å². The van der Waals surface area contributed by atoms with Crippen molar-refractivity contribution in [3.63, 3.8) is 0 Å². The number of likely N-dealkylation sites (tertiary alicyclic amines) is 1. The fourth-order valence-corrected chi connectivity index (χ4v) is 2.92. The molecule has 2 rings (SSSR count). The Morgan fingerprint density at radius 3 is 2.63 bits per heavy atom. The second-order valence-electron chi connectivity index (χ2n) is 5.05. The monoisotopic (exact) mass is 264 g/mol. The van der Waals surface area contributed by atoms with Gasteiger partial charge in [0.05, 0.1) is 20.3 Å². The highest BCUT2D eigenvalue weighted by atomic mass is 16.5. The number of methoxy groups -OCH3 is 2. The summed E-state index contributed by atoms with van der Waals surface area (Å²) in [6.45, 7) is 4.37. The maximum Gasteiger partial charge on any atom is 0.161 e. The van der Waals surface area contributed by atoms with Crippen molar-refractivity contribution < 1.29 is 9.47 Å². The molecule has 1 fully saturated rings. The minimum absolute atomic E-state index is 0.199. The van der Waals surface area contributed by atoms with Gasteiger partial charge in [-0.1, -0.05) is 13.0 Å². The van der Waals surface area contributed by atoms with Crippen LogP contribution in [0.5, 0.6) is 11.5 Å². The van der Waals surface area contributed by atoms with Gasteiger partial charge < -0.3 is 15.2 Å². The molecule has 2 unspecified atom stereocenters. The summed E-state index contributed by atoms with van der Waals surface area (Å²) >= 11 is 0. The molecule has 1 heterocycles. The Morgan fingerprint density at radius 2 is 2.00 bits per heavy atom. The first kappa shape index (κ1) is 14.2. The summed E-state index contributed by atoms with van der Waals surface area (Å²) < 4.78 is 10.7. The van der Waals surface area contributed by atoms with Crippen LogP contribution in [0.25, 0.3) is 0 Å². The minimum atomic E-state index is 0.199. The molecule has 106 valence electrons. The van der Waals surface area contributed by atoms with Crippen molar-refractivity contribution in [2.24, 2.45) is 5.73 Å². The summed E-state index contributed by atoms with van der Waals surface area (Å²) in [6.07, 6.45) is 2.20. The van der Waals surface area contributed by atoms with E-state index in [4.69, 9.17) is 15.2 Å². The van der Waals surface area contributed by atoms with E-state index < -0.39 is 0 Å². The van der Waals surface area contributed by atoms with E-state index in [0.29, 0.717) is 6.04 Å². The van der Waals surface area contributed by atoms with Gasteiger partial charge in [0, 0.05) is 12.6 Å². The molecule has 1 aliphatic rings. The summed E-state index contributed by atoms with van der Waals surface area (Å²) in [5.74, 6) is 1.54. The zero-order valence-electron chi connectivity index (χ0n) is 12.1. The lowest BCUT2D eigenvalue weighted by molar-refractivity contribution is 0.247. The van der Waals surface area contributed by atoms with E-state index in [-0.39, 0.29) is 6.04 Å². The molecule has 4 nitrogen and oxygen atoms in total. The zero-order valence-corrected chi connectivity index (χ0v) is 12.1. The first-order chi connectivity index (χ1) is 9.21. The highest BCUT2D eigenvalue weighted by Gasteiger charge is 2.32. The van der Waals surface area contributed by atoms with Crippen molar-refractivity contribution in [2.75, 3.05) is 27.3 Å². The van der Waals surface area contributed by atoms with Gasteiger partial charge in [0.15, 0.2) is 11.5 Å². The number of rotatable bonds is 5. The Kier molecular flexibility index (Phi) is 4.66. The molecule has 1 saturated heterocycles. The van der Waals surface area contributed by atoms with Crippen LogP contribution < -0.4 is 15.2 Å². The summed E-state index contributed by atoms with van der Waals surface area (Å²) in [4.78, 5) is 2.46. The molecule has 4 heteroatoms. The second-order valence-corrected chi connectivity index (χ2v) is 5.05. The van der Waals surface area contributed by atoms with Crippen LogP contribution in [0.4, 0.5) is 0 Å². The van der Waals surface area contributed by atoms with E-state index >= 15 is 0 Å². The van der Waals surface area contributed by atoms with Crippen molar-refractivity contribution in [3.05, 3.63) is 23.8 Å². The van der Waals surface area contributed by atoms with E-state index in [2.05, 4.69) is 24.0 Å². The van der Waals surface area contributed by atoms with E-state index in [0.717, 1.165) is 37.4 Å². The largest absolute Gasteiger partial charge is 0.493 e. The van der Waals surface area contributed by atoms with Crippen molar-refractivity contribution in [2.45, 2.75) is 31.8 Å². The van der Waals surface area contributed by atoms with Gasteiger partial charge in [-0.2, -0.15) is 0 Å². The second kappa shape index (κ2) is 6.26. The maximum absolute atomic E-state index is 6.28. The molecule has 0 amide bonds. The fraction of sp³-hybridized carbons (Fsp3) is 0.600. The zero-order chi connectivity index (χ0) is 13.8. The van der Waals surface area contributed by atoms with Gasteiger partial charge in [-0.15, -0.1) is 0 Å². The van der Waals surface area contributed by atoms with E-state index in [9.17, 15) is 0 Å². The standard InChI is InChI=1S/C15H24N2O2/c1-4-8-17-9-7-12(16)15(17)11-5-6-13(18-2)14(10-11)19-3/h5-6,10,12,15H,4,7-9,16H2,1-3H3. The Balaban J connectivity index is 2.28. The van der Waals surface area contributed by atoms with E-state index in [1.165, 1.54) is 5.56 Å². The third kappa shape index (κ3) is 2.85. The van der Waals surface area contributed by atoms with Crippen LogP contribution in [-0.2, 0) is 0 Å². The van der Waals surface area contributed by atoms with Crippen molar-refractivity contribution in [1.82, 2.24) is 4.90 Å². The molecule has 1 aliphatic heterocycles. The molecule has 0 bridgehead atoms. The third-order valence-corrected chi connectivity index (χ3v) is 3.81. The number of benzene rings is 1. The summed E-state index contributed by atoms with van der Waals surface area (Å²) in [5.41, 5.74) is 7.50. The first-order valence-corrected chi connectivity index (χ1v) is 6.92. The van der Waals surface area contributed by atoms with E-state index in [1.807, 2.05) is 6.07 Å². The number of ether oxygens (including phenoxy) is 2. The van der Waals surface area contributed by atoms with Gasteiger partial charge in [-0.05, 0) is 37.1 Å². The van der Waals surface area contributed by atoms with Crippen LogP contribution in [0.1, 0.15) is 31.4 Å². The molecule has 1 aromatic rings. The fourth-order valence-electron chi connectivity index (χ4n) is 2.92. The maximum atomic E-state index is 6.28. The molecule has 0 aliphatic carbocycles. The van der Waals surface area contributed by atoms with Crippen molar-refractivity contribution in [3.8, 4) is 11.5 Å². The number of hydrogen-bond donors (Lipinski definition) is 1. The van der Waals surface area contributed by atoms with Crippen LogP contribution >= 0.6 is 0 Å². The smallest absolute Gasteiger partial charge is 0.161 e. The van der Waals surface area contributed by atoms with Gasteiger partial charge in [-0.3, -0.25) is 4.90 Å². The predicted octanol–water partition coefficient (Wildman–Crippen LogP) is 2.19. The van der Waals surface area contributed by atoms with Gasteiger partial charge in [-0.25, -0.2) is 0 Å². The molecule has 1 aromatic carbocycles. The van der Waals surface area contributed by atoms with Crippen LogP contribution in [0.3, 0.4) is 0 Å². The average molecular weight is 264 g/mol. The Morgan fingerprint density at radius 1 is 1.26 bits per heavy atom. The van der Waals surface area contributed by atoms with Crippen molar-refractivity contribution >= 4 is 0 Å². The van der Waals surface area contributed by atoms with Gasteiger partial charge in [0.2, 0.25) is 0 Å². The van der Waals surface area contributed by atoms with Crippen LogP contribution in [-0.4, -0.2) is 38.3 Å². The molecule has 19 heavy (non-hydrogen) atoms. The SMILES string of the molecule is CCCN1CCC(N)C1c1ccc(OC)c(OC)c1. The van der Waals surface area contributed by atoms with E-state index in [1.54, 1.807) is 14.2 Å². The molecule has 0 radical (unpaired) electrons. The Hall–Kier alpha value is -1.26. The highest BCUT2D eigenvalue weighted by molar-refractivity contribution is 5.44. The first-order valence-electron chi connectivity index (χ1n) is 6.92. The van der Waals surface area contributed by atoms with Crippen LogP contribution in [0.2, 0.25) is 0 Å². The van der Waals surface area contributed by atoms with Crippen LogP contribution in [0.15, 0.2) is 18.2 Å². The quantitative estimate of drug-likeness (QED) is 0.885. The lowest BCUT2D eigenvalue weighted by Gasteiger charge is -2.27. The number of nitrogens with two attached hydrogens (primary N) is 1. The molecular formula is C15H24N2O2. The molecule has 0 aromatic heterocycles. The van der Waals surface area contributed by atoms with Crippen molar-refractivity contribution in [1.29, 1.82) is 0 Å². The topological polar surface area (TPSA) is 47.7 Å². The third-order valence-electron chi connectivity index (χ3n) is 3.81. The van der Waals surface area contributed by atoms with Gasteiger partial charge in [0.25, 0.3) is 0 Å². The average Bonchev–Trinajstić information content (AvgIpc) is 2.79. The Bertz CT molecular complexity index is 421. The normalized spacial score (nSPS) is 23.6. The molecule has 2 atom stereocenters. The summed E-state index contributed by atoms with van der Waals surface area (Å²) in [7, 11) is 3.32. The lowest BCUT2D eigenvalue weighted by atomic mass is 10.00. The van der Waals surface area contributed by atoms with Crippen LogP contribution in [0, 0.1) is 0 Å². The molecule has 2 N–H and O–H groups in total. The number of hydrogen-bond acceptors (Lipinski definition) is 4. The molecular weight excluding hydrogens is 240 g/mol. The minimum Gasteiger partial charge on any atom is -0.493 e. The van der Waals surface area contributed by atoms with Gasteiger partial charge >= 0.3 is 0 Å². The molecule has 0 spiro atoms. The van der Waals surface area contributed by atoms with Gasteiger partial charge in [0.1, 0.15) is 0 Å². The lowest BCUT2D eigenvalue weighted by Crippen LogP contribution is -2.32. The highest BCUT2D eigenvalue weighted by Crippen LogP contribution is 2.36. The summed E-state index contributed by atoms with van der Waals surface area (Å²) in [5, 5.41) is 0. The summed E-state index contributed by atoms with van der Waals surface area (Å²) in [6, 6.07) is 6.60. The number of nitrogens with zero attached hydrogens (tertiary/aromatic N) is 1.